The van der Waals surface area contributed by atoms with Gasteiger partial charge in [0.1, 0.15) is 11.5 Å². The second-order valence-corrected chi connectivity index (χ2v) is 21.4. The third-order valence-corrected chi connectivity index (χ3v) is 17.3. The Morgan fingerprint density at radius 3 is 1.04 bits per heavy atom. The van der Waals surface area contributed by atoms with Crippen LogP contribution < -0.4 is 9.05 Å². The second-order valence-electron chi connectivity index (χ2n) is 19.8. The normalized spacial score (nSPS) is 14.4. The van der Waals surface area contributed by atoms with Crippen molar-refractivity contribution in [2.24, 2.45) is 0 Å². The van der Waals surface area contributed by atoms with Gasteiger partial charge in [-0.05, 0) is 78.2 Å². The molecule has 12 aromatic rings. The van der Waals surface area contributed by atoms with Crippen molar-refractivity contribution in [1.29, 1.82) is 0 Å². The Morgan fingerprint density at radius 1 is 0.338 bits per heavy atom. The summed E-state index contributed by atoms with van der Waals surface area (Å²) >= 11 is 0. The molecule has 0 bridgehead atoms. The van der Waals surface area contributed by atoms with Crippen molar-refractivity contribution in [2.75, 3.05) is 0 Å². The van der Waals surface area contributed by atoms with Crippen LogP contribution in [0.1, 0.15) is 44.5 Å². The molecule has 1 atom stereocenters. The lowest BCUT2D eigenvalue weighted by atomic mass is 9.66. The molecule has 13 rings (SSSR count). The lowest BCUT2D eigenvalue weighted by Gasteiger charge is -2.48. The van der Waals surface area contributed by atoms with Crippen molar-refractivity contribution in [1.82, 2.24) is 0 Å². The number of benzene rings is 12. The minimum Gasteiger partial charge on any atom is -0.449 e. The van der Waals surface area contributed by atoms with Gasteiger partial charge in [-0.3, -0.25) is 9.05 Å². The van der Waals surface area contributed by atoms with E-state index < -0.39 is 40.0 Å². The van der Waals surface area contributed by atoms with Crippen LogP contribution in [0.2, 0.25) is 0 Å². The molecule has 6 nitrogen and oxygen atoms in total. The molecule has 0 aliphatic carbocycles. The maximum atomic E-state index is 14.1. The summed E-state index contributed by atoms with van der Waals surface area (Å²) in [5, 5.41) is 18.0. The van der Waals surface area contributed by atoms with Crippen LogP contribution in [-0.4, -0.2) is 5.11 Å². The first-order valence-corrected chi connectivity index (χ1v) is 28.6. The molecule has 0 spiro atoms. The van der Waals surface area contributed by atoms with Crippen molar-refractivity contribution in [3.05, 3.63) is 360 Å². The fraction of sp³-hybridized carbons (Fsp3) is 0.0556. The second kappa shape index (κ2) is 21.9. The summed E-state index contributed by atoms with van der Waals surface area (Å²) in [4.78, 5) is 0. The van der Waals surface area contributed by atoms with E-state index in [1.165, 1.54) is 0 Å². The Balaban J connectivity index is 0.987. The van der Waals surface area contributed by atoms with Crippen LogP contribution in [0.15, 0.2) is 315 Å². The molecule has 1 aliphatic heterocycles. The summed E-state index contributed by atoms with van der Waals surface area (Å²) in [6, 6.07) is 106. The molecule has 388 valence electrons. The van der Waals surface area contributed by atoms with Gasteiger partial charge in [-0.2, -0.15) is 0 Å². The Morgan fingerprint density at radius 2 is 0.650 bits per heavy atom. The van der Waals surface area contributed by atoms with Crippen LogP contribution in [0.25, 0.3) is 32.7 Å². The Kier molecular flexibility index (Phi) is 14.0. The average molecular weight is 1080 g/mol. The molecular formula is C72H54O6P2. The molecule has 0 amide bonds. The molecule has 12 aromatic carbocycles. The highest BCUT2D eigenvalue weighted by Gasteiger charge is 2.67. The molecule has 8 heteroatoms. The molecular weight excluding hydrogens is 1020 g/mol. The lowest BCUT2D eigenvalue weighted by Crippen LogP contribution is -2.52. The van der Waals surface area contributed by atoms with Crippen LogP contribution in [-0.2, 0) is 36.0 Å². The topological polar surface area (TPSA) is 66.4 Å². The van der Waals surface area contributed by atoms with E-state index in [0.29, 0.717) is 22.6 Å². The van der Waals surface area contributed by atoms with Crippen LogP contribution in [0.3, 0.4) is 0 Å². The summed E-state index contributed by atoms with van der Waals surface area (Å²) in [6.07, 6.45) is 0. The van der Waals surface area contributed by atoms with E-state index in [2.05, 4.69) is 84.9 Å². The molecule has 1 saturated heterocycles. The number of fused-ring (bicyclic) bond motifs is 2. The number of aliphatic hydroxyl groups is 1. The maximum absolute atomic E-state index is 14.1. The summed E-state index contributed by atoms with van der Waals surface area (Å²) in [5.74, 6) is 1.09. The fourth-order valence-corrected chi connectivity index (χ4v) is 14.3. The fourth-order valence-electron chi connectivity index (χ4n) is 11.9. The third kappa shape index (κ3) is 8.61. The molecule has 1 aliphatic rings. The molecule has 0 aromatic heterocycles. The lowest BCUT2D eigenvalue weighted by molar-refractivity contribution is -0.0916. The zero-order valence-electron chi connectivity index (χ0n) is 43.5. The van der Waals surface area contributed by atoms with Gasteiger partial charge in [-0.1, -0.05) is 303 Å². The molecule has 1 N–H and O–H groups in total. The molecule has 1 heterocycles. The maximum Gasteiger partial charge on any atom is 0.400 e. The smallest absolute Gasteiger partial charge is 0.400 e. The van der Waals surface area contributed by atoms with Crippen LogP contribution in [0.4, 0.5) is 0 Å². The Bertz CT molecular complexity index is 3780. The monoisotopic (exact) mass is 1080 g/mol. The van der Waals surface area contributed by atoms with Crippen LogP contribution >= 0.6 is 17.6 Å². The minimum atomic E-state index is -2.23. The first-order valence-electron chi connectivity index (χ1n) is 26.7. The van der Waals surface area contributed by atoms with E-state index in [4.69, 9.17) is 22.6 Å². The van der Waals surface area contributed by atoms with E-state index in [-0.39, 0.29) is 0 Å². The minimum absolute atomic E-state index is 0.540. The first-order chi connectivity index (χ1) is 39.5. The van der Waals surface area contributed by atoms with Crippen molar-refractivity contribution in [3.63, 3.8) is 0 Å². The van der Waals surface area contributed by atoms with Gasteiger partial charge in [-0.25, -0.2) is 0 Å². The zero-order chi connectivity index (χ0) is 53.8. The van der Waals surface area contributed by atoms with Gasteiger partial charge in [0.15, 0.2) is 22.4 Å². The van der Waals surface area contributed by atoms with Crippen molar-refractivity contribution in [3.8, 4) is 22.6 Å². The van der Waals surface area contributed by atoms with Crippen LogP contribution in [0, 0.1) is 0 Å². The zero-order valence-corrected chi connectivity index (χ0v) is 45.4. The van der Waals surface area contributed by atoms with Crippen molar-refractivity contribution < 1.29 is 27.7 Å². The van der Waals surface area contributed by atoms with Gasteiger partial charge in [0.25, 0.3) is 0 Å². The molecule has 1 fully saturated rings. The van der Waals surface area contributed by atoms with Gasteiger partial charge in [0, 0.05) is 11.1 Å². The highest BCUT2D eigenvalue weighted by Crippen LogP contribution is 2.71. The SMILES string of the molecule is OC(c1ccccc1)(c1ccccc1)C(OPOc1ccc2ccccc2c1-c1c(OP2OC(c3ccccc3)(c3ccccc3)C(c3ccccc3)(c3ccccc3)O2)ccc2ccccc12)(c1ccccc1)c1ccccc1. The summed E-state index contributed by atoms with van der Waals surface area (Å²) in [7, 11) is -2.89. The van der Waals surface area contributed by atoms with Gasteiger partial charge in [0.2, 0.25) is 9.03 Å². The van der Waals surface area contributed by atoms with Crippen molar-refractivity contribution >= 4 is 39.2 Å². The standard InChI is InChI=1S/C72H54O6P2/c73-69(55-31-9-1-10-32-55,56-33-11-2-12-34-56)70(57-35-13-3-14-36-57,58-37-15-4-16-38-58)76-79-74-65-51-49-53-29-25-27-47-63(53)67(65)68-64-48-28-26-30-54(64)50-52-66(68)75-80-77-71(59-39-17-5-18-40-59,60-41-19-6-20-42-60)72(78-80,61-43-21-7-22-44-61)62-45-23-8-24-46-62/h1-52,73,79H. The molecule has 0 radical (unpaired) electrons. The van der Waals surface area contributed by atoms with Gasteiger partial charge in [0.05, 0.1) is 0 Å². The van der Waals surface area contributed by atoms with Gasteiger partial charge >= 0.3 is 8.60 Å². The number of hydrogen-bond acceptors (Lipinski definition) is 6. The van der Waals surface area contributed by atoms with E-state index in [0.717, 1.165) is 66.1 Å². The van der Waals surface area contributed by atoms with E-state index in [1.807, 2.05) is 231 Å². The average Bonchev–Trinajstić information content (AvgIpc) is 4.09. The molecule has 1 unspecified atom stereocenters. The van der Waals surface area contributed by atoms with Gasteiger partial charge in [-0.15, -0.1) is 0 Å². The quantitative estimate of drug-likeness (QED) is 0.0973. The third-order valence-electron chi connectivity index (χ3n) is 15.4. The van der Waals surface area contributed by atoms with Crippen molar-refractivity contribution in [2.45, 2.75) is 22.4 Å². The highest BCUT2D eigenvalue weighted by atomic mass is 31.2. The first kappa shape index (κ1) is 50.9. The summed E-state index contributed by atoms with van der Waals surface area (Å²) in [5.41, 5.74) is 2.15. The number of hydrogen-bond donors (Lipinski definition) is 1. The highest BCUT2D eigenvalue weighted by molar-refractivity contribution is 7.42. The Labute approximate surface area is 469 Å². The number of rotatable bonds is 16. The van der Waals surface area contributed by atoms with E-state index >= 15 is 0 Å². The van der Waals surface area contributed by atoms with E-state index in [9.17, 15) is 5.11 Å². The van der Waals surface area contributed by atoms with Gasteiger partial charge < -0.3 is 18.7 Å². The van der Waals surface area contributed by atoms with E-state index in [1.54, 1.807) is 0 Å². The molecule has 80 heavy (non-hydrogen) atoms. The largest absolute Gasteiger partial charge is 0.449 e. The predicted molar refractivity (Wildman–Crippen MR) is 324 cm³/mol. The summed E-state index contributed by atoms with van der Waals surface area (Å²) in [6.45, 7) is 0. The molecule has 0 saturated carbocycles. The van der Waals surface area contributed by atoms with Crippen LogP contribution in [0.5, 0.6) is 11.5 Å². The predicted octanol–water partition coefficient (Wildman–Crippen LogP) is 18.0. The summed E-state index contributed by atoms with van der Waals surface area (Å²) < 4.78 is 37.6. The Hall–Kier alpha value is -8.54.